The van der Waals surface area contributed by atoms with Gasteiger partial charge in [-0.15, -0.1) is 0 Å². The molecule has 3 N–H and O–H groups in total. The summed E-state index contributed by atoms with van der Waals surface area (Å²) < 4.78 is 40.7. The molecule has 128 valence electrons. The fraction of sp³-hybridized carbons (Fsp3) is 0.533. The van der Waals surface area contributed by atoms with E-state index in [0.29, 0.717) is 12.2 Å². The van der Waals surface area contributed by atoms with Crippen molar-refractivity contribution >= 4 is 11.7 Å². The van der Waals surface area contributed by atoms with Crippen molar-refractivity contribution in [1.82, 2.24) is 5.32 Å². The summed E-state index contributed by atoms with van der Waals surface area (Å²) in [4.78, 5) is 11.7. The number of hydrogen-bond acceptors (Lipinski definition) is 3. The van der Waals surface area contributed by atoms with E-state index in [4.69, 9.17) is 0 Å². The van der Waals surface area contributed by atoms with Gasteiger partial charge in [0.2, 0.25) is 0 Å². The summed E-state index contributed by atoms with van der Waals surface area (Å²) in [5, 5.41) is 14.9. The van der Waals surface area contributed by atoms with Gasteiger partial charge in [0.1, 0.15) is 5.75 Å². The Bertz CT molecular complexity index is 520. The second-order valence-corrected chi connectivity index (χ2v) is 5.52. The topological polar surface area (TPSA) is 70.6 Å². The van der Waals surface area contributed by atoms with E-state index >= 15 is 0 Å². The molecule has 0 bridgehead atoms. The lowest BCUT2D eigenvalue weighted by molar-refractivity contribution is -0.153. The van der Waals surface area contributed by atoms with Gasteiger partial charge in [-0.3, -0.25) is 0 Å². The summed E-state index contributed by atoms with van der Waals surface area (Å²) >= 11 is 0. The Kier molecular flexibility index (Phi) is 5.70. The molecular weight excluding hydrogens is 313 g/mol. The van der Waals surface area contributed by atoms with E-state index in [-0.39, 0.29) is 17.8 Å². The molecule has 0 aliphatic heterocycles. The van der Waals surface area contributed by atoms with Gasteiger partial charge in [0.05, 0.1) is 6.10 Å². The fourth-order valence-electron chi connectivity index (χ4n) is 2.45. The predicted molar refractivity (Wildman–Crippen MR) is 78.4 cm³/mol. The molecule has 0 radical (unpaired) electrons. The summed E-state index contributed by atoms with van der Waals surface area (Å²) in [6.45, 7) is -0.968. The molecule has 2 atom stereocenters. The SMILES string of the molecule is O=C(NC[C@@H]1CCC[C@@H]1O)Nc1ccc(OCC(F)(F)F)cc1. The highest BCUT2D eigenvalue weighted by Crippen LogP contribution is 2.24. The van der Waals surface area contributed by atoms with Crippen LogP contribution in [-0.4, -0.2) is 36.6 Å². The van der Waals surface area contributed by atoms with Crippen LogP contribution in [-0.2, 0) is 0 Å². The number of aliphatic hydroxyl groups is 1. The van der Waals surface area contributed by atoms with E-state index in [2.05, 4.69) is 15.4 Å². The smallest absolute Gasteiger partial charge is 0.422 e. The first-order valence-electron chi connectivity index (χ1n) is 7.36. The molecule has 1 aromatic carbocycles. The van der Waals surface area contributed by atoms with Gasteiger partial charge in [-0.2, -0.15) is 13.2 Å². The van der Waals surface area contributed by atoms with Gasteiger partial charge in [-0.05, 0) is 37.1 Å². The quantitative estimate of drug-likeness (QED) is 0.776. The van der Waals surface area contributed by atoms with Crippen molar-refractivity contribution in [3.63, 3.8) is 0 Å². The standard InChI is InChI=1S/C15H19F3N2O3/c16-15(17,18)9-23-12-6-4-11(5-7-12)20-14(22)19-8-10-2-1-3-13(10)21/h4-7,10,13,21H,1-3,8-9H2,(H2,19,20,22)/t10-,13-/m0/s1. The molecule has 23 heavy (non-hydrogen) atoms. The van der Waals surface area contributed by atoms with E-state index in [1.54, 1.807) is 0 Å². The van der Waals surface area contributed by atoms with Crippen LogP contribution in [0.25, 0.3) is 0 Å². The Morgan fingerprint density at radius 1 is 1.26 bits per heavy atom. The van der Waals surface area contributed by atoms with Gasteiger partial charge in [-0.1, -0.05) is 6.42 Å². The second-order valence-electron chi connectivity index (χ2n) is 5.52. The number of carbonyl (C=O) groups excluding carboxylic acids is 1. The van der Waals surface area contributed by atoms with E-state index in [0.717, 1.165) is 19.3 Å². The first-order valence-corrected chi connectivity index (χ1v) is 7.36. The highest BCUT2D eigenvalue weighted by Gasteiger charge is 2.28. The number of urea groups is 1. The van der Waals surface area contributed by atoms with Crippen LogP contribution in [0.3, 0.4) is 0 Å². The van der Waals surface area contributed by atoms with Crippen LogP contribution in [0.15, 0.2) is 24.3 Å². The summed E-state index contributed by atoms with van der Waals surface area (Å²) in [6.07, 6.45) is -2.17. The number of alkyl halides is 3. The van der Waals surface area contributed by atoms with Gasteiger partial charge in [0, 0.05) is 18.2 Å². The molecule has 2 rings (SSSR count). The highest BCUT2D eigenvalue weighted by atomic mass is 19.4. The lowest BCUT2D eigenvalue weighted by atomic mass is 10.1. The average molecular weight is 332 g/mol. The zero-order valence-corrected chi connectivity index (χ0v) is 12.4. The zero-order chi connectivity index (χ0) is 16.9. The van der Waals surface area contributed by atoms with E-state index in [1.807, 2.05) is 0 Å². The van der Waals surface area contributed by atoms with Gasteiger partial charge in [0.15, 0.2) is 6.61 Å². The monoisotopic (exact) mass is 332 g/mol. The summed E-state index contributed by atoms with van der Waals surface area (Å²) in [5.74, 6) is 0.140. The van der Waals surface area contributed by atoms with E-state index < -0.39 is 18.8 Å². The Balaban J connectivity index is 1.75. The predicted octanol–water partition coefficient (Wildman–Crippen LogP) is 2.91. The molecule has 0 spiro atoms. The molecule has 0 saturated heterocycles. The average Bonchev–Trinajstić information content (AvgIpc) is 2.89. The van der Waals surface area contributed by atoms with Gasteiger partial charge in [-0.25, -0.2) is 4.79 Å². The third-order valence-corrected chi connectivity index (χ3v) is 3.66. The molecule has 1 fully saturated rings. The molecule has 1 saturated carbocycles. The lowest BCUT2D eigenvalue weighted by Gasteiger charge is -2.15. The maximum absolute atomic E-state index is 12.0. The van der Waals surface area contributed by atoms with Crippen molar-refractivity contribution in [1.29, 1.82) is 0 Å². The molecule has 0 heterocycles. The van der Waals surface area contributed by atoms with Crippen LogP contribution < -0.4 is 15.4 Å². The van der Waals surface area contributed by atoms with Gasteiger partial charge >= 0.3 is 12.2 Å². The first kappa shape index (κ1) is 17.4. The highest BCUT2D eigenvalue weighted by molar-refractivity contribution is 5.89. The number of nitrogens with one attached hydrogen (secondary N) is 2. The van der Waals surface area contributed by atoms with Crippen LogP contribution in [0.4, 0.5) is 23.7 Å². The van der Waals surface area contributed by atoms with Crippen LogP contribution in [0.5, 0.6) is 5.75 Å². The van der Waals surface area contributed by atoms with Gasteiger partial charge < -0.3 is 20.5 Å². The van der Waals surface area contributed by atoms with Crippen LogP contribution in [0.2, 0.25) is 0 Å². The number of halogens is 3. The third-order valence-electron chi connectivity index (χ3n) is 3.66. The fourth-order valence-corrected chi connectivity index (χ4v) is 2.45. The molecule has 5 nitrogen and oxygen atoms in total. The van der Waals surface area contributed by atoms with E-state index in [9.17, 15) is 23.1 Å². The maximum atomic E-state index is 12.0. The van der Waals surface area contributed by atoms with E-state index in [1.165, 1.54) is 24.3 Å². The number of carbonyl (C=O) groups is 1. The number of rotatable bonds is 5. The lowest BCUT2D eigenvalue weighted by Crippen LogP contribution is -2.35. The summed E-state index contributed by atoms with van der Waals surface area (Å²) in [7, 11) is 0. The maximum Gasteiger partial charge on any atom is 0.422 e. The number of anilines is 1. The number of benzene rings is 1. The second kappa shape index (κ2) is 7.54. The number of hydrogen-bond donors (Lipinski definition) is 3. The first-order chi connectivity index (χ1) is 10.8. The Labute approximate surface area is 131 Å². The molecule has 1 aliphatic rings. The minimum Gasteiger partial charge on any atom is -0.484 e. The molecule has 2 amide bonds. The summed E-state index contributed by atoms with van der Waals surface area (Å²) in [6, 6.07) is 5.18. The zero-order valence-electron chi connectivity index (χ0n) is 12.4. The minimum atomic E-state index is -4.39. The van der Waals surface area contributed by atoms with Gasteiger partial charge in [0.25, 0.3) is 0 Å². The molecule has 1 aliphatic carbocycles. The number of ether oxygens (including phenoxy) is 1. The van der Waals surface area contributed by atoms with Crippen molar-refractivity contribution in [3.8, 4) is 5.75 Å². The molecule has 1 aromatic rings. The Hall–Kier alpha value is -1.96. The van der Waals surface area contributed by atoms with Crippen molar-refractivity contribution < 1.29 is 27.8 Å². The third kappa shape index (κ3) is 5.97. The molecule has 0 unspecified atom stereocenters. The Morgan fingerprint density at radius 3 is 2.52 bits per heavy atom. The Morgan fingerprint density at radius 2 is 1.96 bits per heavy atom. The largest absolute Gasteiger partial charge is 0.484 e. The van der Waals surface area contributed by atoms with Crippen LogP contribution >= 0.6 is 0 Å². The molecule has 0 aromatic heterocycles. The molecule has 8 heteroatoms. The van der Waals surface area contributed by atoms with Crippen LogP contribution in [0.1, 0.15) is 19.3 Å². The minimum absolute atomic E-state index is 0.0684. The van der Waals surface area contributed by atoms with Crippen molar-refractivity contribution in [3.05, 3.63) is 24.3 Å². The number of aliphatic hydroxyl groups excluding tert-OH is 1. The van der Waals surface area contributed by atoms with Crippen molar-refractivity contribution in [2.75, 3.05) is 18.5 Å². The van der Waals surface area contributed by atoms with Crippen LogP contribution in [0, 0.1) is 5.92 Å². The normalized spacial score (nSPS) is 21.0. The summed E-state index contributed by atoms with van der Waals surface area (Å²) in [5.41, 5.74) is 0.439. The van der Waals surface area contributed by atoms with Crippen molar-refractivity contribution in [2.24, 2.45) is 5.92 Å². The number of amides is 2. The van der Waals surface area contributed by atoms with Crippen molar-refractivity contribution in [2.45, 2.75) is 31.5 Å². The molecular formula is C15H19F3N2O3.